The van der Waals surface area contributed by atoms with E-state index in [1.807, 2.05) is 0 Å². The summed E-state index contributed by atoms with van der Waals surface area (Å²) in [6.07, 6.45) is 1.55. The van der Waals surface area contributed by atoms with E-state index in [0.717, 1.165) is 42.7 Å². The van der Waals surface area contributed by atoms with E-state index >= 15 is 0 Å². The lowest BCUT2D eigenvalue weighted by Crippen LogP contribution is -2.07. The van der Waals surface area contributed by atoms with Crippen molar-refractivity contribution >= 4 is 16.7 Å². The number of Topliss-reactive ketones (excluding diaryl/α,β-unsaturated/α-hetero) is 1. The number of hydrogen-bond acceptors (Lipinski definition) is 2. The Hall–Kier alpha value is -1.61. The number of rotatable bonds is 4. The molecule has 21 heavy (non-hydrogen) atoms. The molecule has 0 N–H and O–H groups in total. The van der Waals surface area contributed by atoms with Gasteiger partial charge in [0.05, 0.1) is 0 Å². The lowest BCUT2D eigenvalue weighted by molar-refractivity contribution is 0.0982. The SMILES string of the molecule is CCCC(=O)c1c(C)n(CC)c2cc3c(cc12)CN(C)C3. The van der Waals surface area contributed by atoms with E-state index in [-0.39, 0.29) is 0 Å². The maximum Gasteiger partial charge on any atom is 0.165 e. The van der Waals surface area contributed by atoms with Gasteiger partial charge in [0, 0.05) is 48.2 Å². The maximum absolute atomic E-state index is 12.5. The minimum atomic E-state index is 0.290. The van der Waals surface area contributed by atoms with Crippen molar-refractivity contribution in [2.24, 2.45) is 0 Å². The molecule has 0 spiro atoms. The molecule has 0 fully saturated rings. The van der Waals surface area contributed by atoms with Gasteiger partial charge in [-0.2, -0.15) is 0 Å². The predicted molar refractivity (Wildman–Crippen MR) is 86.8 cm³/mol. The minimum Gasteiger partial charge on any atom is -0.344 e. The van der Waals surface area contributed by atoms with Gasteiger partial charge >= 0.3 is 0 Å². The van der Waals surface area contributed by atoms with Crippen molar-refractivity contribution in [3.05, 3.63) is 34.5 Å². The minimum absolute atomic E-state index is 0.290. The van der Waals surface area contributed by atoms with Crippen LogP contribution in [-0.4, -0.2) is 22.3 Å². The van der Waals surface area contributed by atoms with Gasteiger partial charge in [-0.25, -0.2) is 0 Å². The molecule has 1 aliphatic rings. The third-order valence-corrected chi connectivity index (χ3v) is 4.60. The second-order valence-corrected chi connectivity index (χ2v) is 6.19. The number of ketones is 1. The van der Waals surface area contributed by atoms with Crippen molar-refractivity contribution in [3.8, 4) is 0 Å². The molecular weight excluding hydrogens is 260 g/mol. The van der Waals surface area contributed by atoms with Crippen LogP contribution in [0.4, 0.5) is 0 Å². The number of aromatic nitrogens is 1. The van der Waals surface area contributed by atoms with Crippen molar-refractivity contribution in [2.75, 3.05) is 7.05 Å². The Morgan fingerprint density at radius 1 is 1.19 bits per heavy atom. The van der Waals surface area contributed by atoms with Crippen LogP contribution in [0.2, 0.25) is 0 Å². The summed E-state index contributed by atoms with van der Waals surface area (Å²) in [5.74, 6) is 0.290. The first kappa shape index (κ1) is 14.3. The summed E-state index contributed by atoms with van der Waals surface area (Å²) in [7, 11) is 2.15. The molecule has 112 valence electrons. The van der Waals surface area contributed by atoms with Gasteiger partial charge in [-0.3, -0.25) is 9.69 Å². The van der Waals surface area contributed by atoms with Gasteiger partial charge in [0.2, 0.25) is 0 Å². The standard InChI is InChI=1S/C18H24N2O/c1-5-7-17(21)18-12(3)20(6-2)16-9-14-11-19(4)10-13(14)8-15(16)18/h8-9H,5-7,10-11H2,1-4H3. The molecule has 1 aromatic carbocycles. The average Bonchev–Trinajstić information content (AvgIpc) is 2.91. The van der Waals surface area contributed by atoms with E-state index in [1.165, 1.54) is 16.6 Å². The molecule has 0 unspecified atom stereocenters. The summed E-state index contributed by atoms with van der Waals surface area (Å²) in [5.41, 5.74) is 6.09. The highest BCUT2D eigenvalue weighted by molar-refractivity contribution is 6.09. The number of nitrogens with zero attached hydrogens (tertiary/aromatic N) is 2. The van der Waals surface area contributed by atoms with Crippen LogP contribution in [0.15, 0.2) is 12.1 Å². The topological polar surface area (TPSA) is 25.2 Å². The fourth-order valence-electron chi connectivity index (χ4n) is 3.65. The van der Waals surface area contributed by atoms with E-state index < -0.39 is 0 Å². The van der Waals surface area contributed by atoms with Crippen LogP contribution in [0.3, 0.4) is 0 Å². The van der Waals surface area contributed by atoms with E-state index in [9.17, 15) is 4.79 Å². The van der Waals surface area contributed by atoms with E-state index in [1.54, 1.807) is 0 Å². The summed E-state index contributed by atoms with van der Waals surface area (Å²) < 4.78 is 2.29. The number of fused-ring (bicyclic) bond motifs is 2. The van der Waals surface area contributed by atoms with E-state index in [0.29, 0.717) is 12.2 Å². The molecule has 0 atom stereocenters. The first-order chi connectivity index (χ1) is 10.1. The van der Waals surface area contributed by atoms with Gasteiger partial charge in [0.15, 0.2) is 5.78 Å². The summed E-state index contributed by atoms with van der Waals surface area (Å²) in [6, 6.07) is 4.56. The van der Waals surface area contributed by atoms with Crippen LogP contribution in [0.25, 0.3) is 10.9 Å². The molecular formula is C18H24N2O. The van der Waals surface area contributed by atoms with Crippen LogP contribution >= 0.6 is 0 Å². The van der Waals surface area contributed by atoms with Crippen molar-refractivity contribution < 1.29 is 4.79 Å². The molecule has 1 aliphatic heterocycles. The zero-order valence-electron chi connectivity index (χ0n) is 13.5. The molecule has 3 nitrogen and oxygen atoms in total. The quantitative estimate of drug-likeness (QED) is 0.796. The first-order valence-corrected chi connectivity index (χ1v) is 7.93. The Labute approximate surface area is 126 Å². The number of hydrogen-bond donors (Lipinski definition) is 0. The maximum atomic E-state index is 12.5. The monoisotopic (exact) mass is 284 g/mol. The van der Waals surface area contributed by atoms with Crippen LogP contribution in [0.1, 0.15) is 53.9 Å². The molecule has 0 radical (unpaired) electrons. The molecule has 3 rings (SSSR count). The molecule has 0 aliphatic carbocycles. The van der Waals surface area contributed by atoms with Crippen LogP contribution in [-0.2, 0) is 19.6 Å². The zero-order valence-corrected chi connectivity index (χ0v) is 13.5. The Kier molecular flexibility index (Phi) is 3.62. The van der Waals surface area contributed by atoms with E-state index in [2.05, 4.69) is 49.4 Å². The second-order valence-electron chi connectivity index (χ2n) is 6.19. The fraction of sp³-hybridized carbons (Fsp3) is 0.500. The number of benzene rings is 1. The molecule has 3 heteroatoms. The Morgan fingerprint density at radius 2 is 1.86 bits per heavy atom. The molecule has 0 saturated carbocycles. The smallest absolute Gasteiger partial charge is 0.165 e. The summed E-state index contributed by atoms with van der Waals surface area (Å²) in [5, 5.41) is 1.15. The molecule has 1 aromatic heterocycles. The van der Waals surface area contributed by atoms with Crippen LogP contribution in [0, 0.1) is 6.92 Å². The van der Waals surface area contributed by atoms with Gasteiger partial charge in [-0.05, 0) is 50.6 Å². The Balaban J connectivity index is 2.25. The summed E-state index contributed by atoms with van der Waals surface area (Å²) in [4.78, 5) is 14.9. The van der Waals surface area contributed by atoms with E-state index in [4.69, 9.17) is 0 Å². The van der Waals surface area contributed by atoms with Crippen LogP contribution in [0.5, 0.6) is 0 Å². The molecule has 0 saturated heterocycles. The van der Waals surface area contributed by atoms with Gasteiger partial charge in [0.1, 0.15) is 0 Å². The van der Waals surface area contributed by atoms with Gasteiger partial charge in [-0.15, -0.1) is 0 Å². The Morgan fingerprint density at radius 3 is 2.48 bits per heavy atom. The predicted octanol–water partition coefficient (Wildman–Crippen LogP) is 3.90. The highest BCUT2D eigenvalue weighted by atomic mass is 16.1. The lowest BCUT2D eigenvalue weighted by Gasteiger charge is -2.05. The molecule has 2 aromatic rings. The largest absolute Gasteiger partial charge is 0.344 e. The summed E-state index contributed by atoms with van der Waals surface area (Å²) in [6.45, 7) is 9.22. The second kappa shape index (κ2) is 5.30. The molecule has 0 bridgehead atoms. The Bertz CT molecular complexity index is 712. The summed E-state index contributed by atoms with van der Waals surface area (Å²) >= 11 is 0. The average molecular weight is 284 g/mol. The third kappa shape index (κ3) is 2.20. The fourth-order valence-corrected chi connectivity index (χ4v) is 3.65. The van der Waals surface area contributed by atoms with Crippen molar-refractivity contribution in [1.82, 2.24) is 9.47 Å². The molecule has 2 heterocycles. The normalized spacial score (nSPS) is 14.9. The van der Waals surface area contributed by atoms with Crippen molar-refractivity contribution in [3.63, 3.8) is 0 Å². The van der Waals surface area contributed by atoms with Crippen LogP contribution < -0.4 is 0 Å². The van der Waals surface area contributed by atoms with Crippen molar-refractivity contribution in [1.29, 1.82) is 0 Å². The van der Waals surface area contributed by atoms with Gasteiger partial charge in [0.25, 0.3) is 0 Å². The third-order valence-electron chi connectivity index (χ3n) is 4.60. The van der Waals surface area contributed by atoms with Crippen molar-refractivity contribution in [2.45, 2.75) is 53.2 Å². The first-order valence-electron chi connectivity index (χ1n) is 7.93. The highest BCUT2D eigenvalue weighted by Crippen LogP contribution is 2.33. The molecule has 0 amide bonds. The number of carbonyl (C=O) groups is 1. The number of aryl methyl sites for hydroxylation is 1. The van der Waals surface area contributed by atoms with Gasteiger partial charge in [-0.1, -0.05) is 6.92 Å². The van der Waals surface area contributed by atoms with Gasteiger partial charge < -0.3 is 4.57 Å². The zero-order chi connectivity index (χ0) is 15.1. The number of carbonyl (C=O) groups excluding carboxylic acids is 1. The lowest BCUT2D eigenvalue weighted by atomic mass is 10.0. The highest BCUT2D eigenvalue weighted by Gasteiger charge is 2.23.